The van der Waals surface area contributed by atoms with Crippen molar-refractivity contribution in [3.63, 3.8) is 0 Å². The summed E-state index contributed by atoms with van der Waals surface area (Å²) in [6.45, 7) is 3.62. The maximum Gasteiger partial charge on any atom is 0.329 e. The van der Waals surface area contributed by atoms with Crippen molar-refractivity contribution in [3.05, 3.63) is 34.9 Å². The van der Waals surface area contributed by atoms with E-state index < -0.39 is 17.4 Å². The number of carbonyl (C=O) groups is 3. The standard InChI is InChI=1S/C15H18N2O4/c1-9-3-4-11(7-10(9)2)13(19)16-8-12(18)17-15(5-6-15)14(20)21/h3-4,7H,5-6,8H2,1-2H3,(H,16,19)(H,17,18)(H,20,21). The van der Waals surface area contributed by atoms with E-state index in [4.69, 9.17) is 5.11 Å². The van der Waals surface area contributed by atoms with E-state index in [1.165, 1.54) is 0 Å². The van der Waals surface area contributed by atoms with Gasteiger partial charge in [0.1, 0.15) is 5.54 Å². The molecular weight excluding hydrogens is 272 g/mol. The molecule has 1 aromatic carbocycles. The van der Waals surface area contributed by atoms with E-state index in [0.717, 1.165) is 11.1 Å². The van der Waals surface area contributed by atoms with Gasteiger partial charge in [0.2, 0.25) is 5.91 Å². The predicted octanol–water partition coefficient (Wildman–Crippen LogP) is 0.767. The molecule has 6 nitrogen and oxygen atoms in total. The van der Waals surface area contributed by atoms with Crippen molar-refractivity contribution < 1.29 is 19.5 Å². The molecule has 6 heteroatoms. The number of rotatable bonds is 5. The molecule has 112 valence electrons. The van der Waals surface area contributed by atoms with Crippen molar-refractivity contribution in [2.75, 3.05) is 6.54 Å². The summed E-state index contributed by atoms with van der Waals surface area (Å²) < 4.78 is 0. The van der Waals surface area contributed by atoms with Crippen LogP contribution in [0.15, 0.2) is 18.2 Å². The zero-order valence-electron chi connectivity index (χ0n) is 12.0. The van der Waals surface area contributed by atoms with E-state index in [1.807, 2.05) is 19.9 Å². The molecule has 0 bridgehead atoms. The van der Waals surface area contributed by atoms with Crippen LogP contribution >= 0.6 is 0 Å². The summed E-state index contributed by atoms with van der Waals surface area (Å²) in [5.74, 6) is -1.88. The number of benzene rings is 1. The molecule has 0 aromatic heterocycles. The second-order valence-electron chi connectivity index (χ2n) is 5.42. The number of nitrogens with one attached hydrogen (secondary N) is 2. The van der Waals surface area contributed by atoms with Gasteiger partial charge in [0, 0.05) is 5.56 Å². The first-order chi connectivity index (χ1) is 9.84. The summed E-state index contributed by atoms with van der Waals surface area (Å²) in [6, 6.07) is 5.28. The summed E-state index contributed by atoms with van der Waals surface area (Å²) in [4.78, 5) is 34.5. The number of amides is 2. The van der Waals surface area contributed by atoms with Gasteiger partial charge in [-0.25, -0.2) is 4.79 Å². The Balaban J connectivity index is 1.88. The van der Waals surface area contributed by atoms with Gasteiger partial charge in [0.15, 0.2) is 0 Å². The fourth-order valence-corrected chi connectivity index (χ4v) is 1.97. The van der Waals surface area contributed by atoms with E-state index in [-0.39, 0.29) is 12.5 Å². The van der Waals surface area contributed by atoms with E-state index in [0.29, 0.717) is 18.4 Å². The maximum absolute atomic E-state index is 11.9. The van der Waals surface area contributed by atoms with Crippen LogP contribution in [0.4, 0.5) is 0 Å². The lowest BCUT2D eigenvalue weighted by Gasteiger charge is -2.13. The van der Waals surface area contributed by atoms with Crippen molar-refractivity contribution in [3.8, 4) is 0 Å². The Kier molecular flexibility index (Phi) is 3.97. The largest absolute Gasteiger partial charge is 0.480 e. The maximum atomic E-state index is 11.9. The average Bonchev–Trinajstić information content (AvgIpc) is 3.20. The van der Waals surface area contributed by atoms with Crippen molar-refractivity contribution in [1.29, 1.82) is 0 Å². The highest BCUT2D eigenvalue weighted by Gasteiger charge is 2.51. The molecule has 1 saturated carbocycles. The third-order valence-electron chi connectivity index (χ3n) is 3.72. The molecule has 1 aromatic rings. The molecule has 0 spiro atoms. The van der Waals surface area contributed by atoms with E-state index >= 15 is 0 Å². The fourth-order valence-electron chi connectivity index (χ4n) is 1.97. The lowest BCUT2D eigenvalue weighted by atomic mass is 10.1. The number of hydrogen-bond acceptors (Lipinski definition) is 3. The molecule has 0 aliphatic heterocycles. The summed E-state index contributed by atoms with van der Waals surface area (Å²) in [7, 11) is 0. The Morgan fingerprint density at radius 3 is 2.38 bits per heavy atom. The topological polar surface area (TPSA) is 95.5 Å². The Bertz CT molecular complexity index is 606. The number of hydrogen-bond donors (Lipinski definition) is 3. The Morgan fingerprint density at radius 1 is 1.19 bits per heavy atom. The summed E-state index contributed by atoms with van der Waals surface area (Å²) >= 11 is 0. The Morgan fingerprint density at radius 2 is 1.86 bits per heavy atom. The highest BCUT2D eigenvalue weighted by molar-refractivity contribution is 5.97. The zero-order chi connectivity index (χ0) is 15.6. The van der Waals surface area contributed by atoms with Crippen LogP contribution in [0.3, 0.4) is 0 Å². The molecular formula is C15H18N2O4. The predicted molar refractivity (Wildman–Crippen MR) is 76.0 cm³/mol. The Labute approximate surface area is 122 Å². The molecule has 0 atom stereocenters. The fraction of sp³-hybridized carbons (Fsp3) is 0.400. The Hall–Kier alpha value is -2.37. The van der Waals surface area contributed by atoms with Crippen molar-refractivity contribution in [1.82, 2.24) is 10.6 Å². The van der Waals surface area contributed by atoms with Gasteiger partial charge in [-0.1, -0.05) is 6.07 Å². The number of carboxylic acid groups (broad SMARTS) is 1. The number of carboxylic acids is 1. The minimum Gasteiger partial charge on any atom is -0.480 e. The van der Waals surface area contributed by atoms with Crippen LogP contribution in [0, 0.1) is 13.8 Å². The molecule has 2 rings (SSSR count). The molecule has 1 fully saturated rings. The van der Waals surface area contributed by atoms with Gasteiger partial charge in [-0.05, 0) is 49.9 Å². The first kappa shape index (κ1) is 15.0. The van der Waals surface area contributed by atoms with Gasteiger partial charge in [0.05, 0.1) is 6.54 Å². The van der Waals surface area contributed by atoms with Crippen molar-refractivity contribution in [2.45, 2.75) is 32.2 Å². The summed E-state index contributed by atoms with van der Waals surface area (Å²) in [6.07, 6.45) is 0.859. The van der Waals surface area contributed by atoms with Crippen LogP contribution in [0.5, 0.6) is 0 Å². The molecule has 1 aliphatic carbocycles. The first-order valence-corrected chi connectivity index (χ1v) is 6.74. The molecule has 21 heavy (non-hydrogen) atoms. The number of aliphatic carboxylic acids is 1. The van der Waals surface area contributed by atoms with Gasteiger partial charge >= 0.3 is 5.97 Å². The van der Waals surface area contributed by atoms with Crippen LogP contribution in [0.25, 0.3) is 0 Å². The number of carbonyl (C=O) groups excluding carboxylic acids is 2. The van der Waals surface area contributed by atoms with Gasteiger partial charge in [0.25, 0.3) is 5.91 Å². The highest BCUT2D eigenvalue weighted by Crippen LogP contribution is 2.35. The van der Waals surface area contributed by atoms with Gasteiger partial charge < -0.3 is 15.7 Å². The molecule has 0 heterocycles. The SMILES string of the molecule is Cc1ccc(C(=O)NCC(=O)NC2(C(=O)O)CC2)cc1C. The molecule has 0 unspecified atom stereocenters. The first-order valence-electron chi connectivity index (χ1n) is 6.74. The average molecular weight is 290 g/mol. The summed E-state index contributed by atoms with van der Waals surface area (Å²) in [5.41, 5.74) is 1.43. The van der Waals surface area contributed by atoms with E-state index in [1.54, 1.807) is 12.1 Å². The molecule has 1 aliphatic rings. The zero-order valence-corrected chi connectivity index (χ0v) is 12.0. The molecule has 3 N–H and O–H groups in total. The highest BCUT2D eigenvalue weighted by atomic mass is 16.4. The molecule has 0 saturated heterocycles. The van der Waals surface area contributed by atoms with E-state index in [9.17, 15) is 14.4 Å². The smallest absolute Gasteiger partial charge is 0.329 e. The van der Waals surface area contributed by atoms with Gasteiger partial charge in [-0.15, -0.1) is 0 Å². The normalized spacial score (nSPS) is 15.1. The van der Waals surface area contributed by atoms with Crippen LogP contribution in [-0.4, -0.2) is 35.0 Å². The summed E-state index contributed by atoms with van der Waals surface area (Å²) in [5, 5.41) is 13.9. The van der Waals surface area contributed by atoms with Crippen LogP contribution < -0.4 is 10.6 Å². The molecule has 0 radical (unpaired) electrons. The third-order valence-corrected chi connectivity index (χ3v) is 3.72. The van der Waals surface area contributed by atoms with Crippen LogP contribution in [0.2, 0.25) is 0 Å². The van der Waals surface area contributed by atoms with Gasteiger partial charge in [-0.3, -0.25) is 9.59 Å². The lowest BCUT2D eigenvalue weighted by Crippen LogP contribution is -2.47. The quantitative estimate of drug-likeness (QED) is 0.746. The second kappa shape index (κ2) is 5.55. The van der Waals surface area contributed by atoms with E-state index in [2.05, 4.69) is 10.6 Å². The van der Waals surface area contributed by atoms with Crippen LogP contribution in [0.1, 0.15) is 34.3 Å². The minimum atomic E-state index is -1.12. The lowest BCUT2D eigenvalue weighted by molar-refractivity contribution is -0.143. The third kappa shape index (κ3) is 3.39. The molecule has 2 amide bonds. The number of aryl methyl sites for hydroxylation is 2. The van der Waals surface area contributed by atoms with Crippen LogP contribution in [-0.2, 0) is 9.59 Å². The monoisotopic (exact) mass is 290 g/mol. The van der Waals surface area contributed by atoms with Gasteiger partial charge in [-0.2, -0.15) is 0 Å². The van der Waals surface area contributed by atoms with Crippen molar-refractivity contribution >= 4 is 17.8 Å². The second-order valence-corrected chi connectivity index (χ2v) is 5.42. The van der Waals surface area contributed by atoms with Crippen molar-refractivity contribution in [2.24, 2.45) is 0 Å². The minimum absolute atomic E-state index is 0.235.